The average Bonchev–Trinajstić information content (AvgIpc) is 2.29. The molecule has 1 unspecified atom stereocenters. The van der Waals surface area contributed by atoms with Gasteiger partial charge in [-0.3, -0.25) is 4.90 Å². The highest BCUT2D eigenvalue weighted by Gasteiger charge is 2.36. The van der Waals surface area contributed by atoms with Crippen molar-refractivity contribution < 1.29 is 0 Å². The largest absolute Gasteiger partial charge is 0.402 e. The van der Waals surface area contributed by atoms with E-state index in [4.69, 9.17) is 5.73 Å². The Kier molecular flexibility index (Phi) is 2.17. The van der Waals surface area contributed by atoms with E-state index in [0.29, 0.717) is 12.0 Å². The van der Waals surface area contributed by atoms with Gasteiger partial charge in [-0.15, -0.1) is 0 Å². The van der Waals surface area contributed by atoms with Crippen molar-refractivity contribution in [1.29, 1.82) is 0 Å². The van der Waals surface area contributed by atoms with Crippen LogP contribution in [0.5, 0.6) is 0 Å². The molecule has 2 N–H and O–H groups in total. The quantitative estimate of drug-likeness (QED) is 0.647. The Hall–Kier alpha value is -1.02. The summed E-state index contributed by atoms with van der Waals surface area (Å²) in [5, 5.41) is 0. The fourth-order valence-corrected chi connectivity index (χ4v) is 3.09. The van der Waals surface area contributed by atoms with Crippen LogP contribution in [0.25, 0.3) is 0 Å². The second kappa shape index (κ2) is 3.53. The second-order valence-electron chi connectivity index (χ2n) is 4.82. The number of nitrogens with two attached hydrogens (primary N) is 1. The summed E-state index contributed by atoms with van der Waals surface area (Å²) >= 11 is 0. The SMILES string of the molecule is NC1=CC2[C@H]3C=CC=C[C@@H]3CCN2CC1. The molecular weight excluding hydrogens is 184 g/mol. The van der Waals surface area contributed by atoms with Gasteiger partial charge in [-0.1, -0.05) is 24.3 Å². The van der Waals surface area contributed by atoms with Crippen LogP contribution in [0.3, 0.4) is 0 Å². The van der Waals surface area contributed by atoms with Crippen molar-refractivity contribution in [1.82, 2.24) is 4.90 Å². The molecule has 0 bridgehead atoms. The van der Waals surface area contributed by atoms with Crippen molar-refractivity contribution in [3.8, 4) is 0 Å². The first kappa shape index (κ1) is 9.22. The molecule has 1 aliphatic carbocycles. The van der Waals surface area contributed by atoms with E-state index < -0.39 is 0 Å². The standard InChI is InChI=1S/C13H18N2/c14-11-6-8-15-7-5-10-3-1-2-4-12(10)13(15)9-11/h1-4,9-10,12-13H,5-8,14H2/t10-,12+,13?/m1/s1. The Morgan fingerprint density at radius 2 is 2.07 bits per heavy atom. The molecule has 0 aromatic heterocycles. The number of rotatable bonds is 0. The lowest BCUT2D eigenvalue weighted by Crippen LogP contribution is -2.50. The van der Waals surface area contributed by atoms with Crippen molar-refractivity contribution >= 4 is 0 Å². The van der Waals surface area contributed by atoms with E-state index in [9.17, 15) is 0 Å². The van der Waals surface area contributed by atoms with Crippen LogP contribution in [0.2, 0.25) is 0 Å². The number of piperidine rings is 1. The van der Waals surface area contributed by atoms with E-state index in [1.807, 2.05) is 0 Å². The summed E-state index contributed by atoms with van der Waals surface area (Å²) in [6, 6.07) is 0.554. The maximum atomic E-state index is 5.96. The maximum Gasteiger partial charge on any atom is 0.0366 e. The van der Waals surface area contributed by atoms with Gasteiger partial charge in [0.1, 0.15) is 0 Å². The Balaban J connectivity index is 1.90. The molecular formula is C13H18N2. The van der Waals surface area contributed by atoms with Crippen LogP contribution < -0.4 is 5.73 Å². The van der Waals surface area contributed by atoms with Gasteiger partial charge >= 0.3 is 0 Å². The molecule has 15 heavy (non-hydrogen) atoms. The smallest absolute Gasteiger partial charge is 0.0366 e. The molecule has 0 radical (unpaired) electrons. The molecule has 80 valence electrons. The fourth-order valence-electron chi connectivity index (χ4n) is 3.09. The maximum absolute atomic E-state index is 5.96. The van der Waals surface area contributed by atoms with Gasteiger partial charge in [0.15, 0.2) is 0 Å². The topological polar surface area (TPSA) is 29.3 Å². The second-order valence-corrected chi connectivity index (χ2v) is 4.82. The molecule has 0 saturated carbocycles. The molecule has 2 aliphatic heterocycles. The predicted octanol–water partition coefficient (Wildman–Crippen LogP) is 1.67. The number of hydrogen-bond donors (Lipinski definition) is 1. The van der Waals surface area contributed by atoms with Gasteiger partial charge in [0.05, 0.1) is 0 Å². The monoisotopic (exact) mass is 202 g/mol. The lowest BCUT2D eigenvalue weighted by molar-refractivity contribution is 0.110. The van der Waals surface area contributed by atoms with Crippen molar-refractivity contribution in [2.24, 2.45) is 17.6 Å². The molecule has 0 aromatic carbocycles. The lowest BCUT2D eigenvalue weighted by Gasteiger charge is -2.45. The third-order valence-corrected chi connectivity index (χ3v) is 3.94. The van der Waals surface area contributed by atoms with E-state index in [-0.39, 0.29) is 0 Å². The highest BCUT2D eigenvalue weighted by molar-refractivity contribution is 5.23. The third-order valence-electron chi connectivity index (χ3n) is 3.94. The van der Waals surface area contributed by atoms with Crippen molar-refractivity contribution in [2.45, 2.75) is 18.9 Å². The van der Waals surface area contributed by atoms with Gasteiger partial charge in [0.25, 0.3) is 0 Å². The summed E-state index contributed by atoms with van der Waals surface area (Å²) in [6.07, 6.45) is 13.7. The van der Waals surface area contributed by atoms with Gasteiger partial charge < -0.3 is 5.73 Å². The summed E-state index contributed by atoms with van der Waals surface area (Å²) in [6.45, 7) is 2.38. The molecule has 2 nitrogen and oxygen atoms in total. The number of hydrogen-bond acceptors (Lipinski definition) is 2. The summed E-state index contributed by atoms with van der Waals surface area (Å²) in [7, 11) is 0. The van der Waals surface area contributed by atoms with Crippen LogP contribution in [0.4, 0.5) is 0 Å². The Labute approximate surface area is 91.1 Å². The lowest BCUT2D eigenvalue weighted by atomic mass is 9.76. The Morgan fingerprint density at radius 1 is 1.20 bits per heavy atom. The van der Waals surface area contributed by atoms with Gasteiger partial charge in [-0.25, -0.2) is 0 Å². The number of fused-ring (bicyclic) bond motifs is 3. The molecule has 0 aromatic rings. The zero-order valence-corrected chi connectivity index (χ0v) is 8.97. The van der Waals surface area contributed by atoms with Crippen molar-refractivity contribution in [3.05, 3.63) is 36.1 Å². The Bertz CT molecular complexity index is 340. The highest BCUT2D eigenvalue weighted by Crippen LogP contribution is 2.36. The van der Waals surface area contributed by atoms with Crippen LogP contribution in [0.1, 0.15) is 12.8 Å². The normalized spacial score (nSPS) is 39.5. The van der Waals surface area contributed by atoms with E-state index in [0.717, 1.165) is 24.6 Å². The van der Waals surface area contributed by atoms with Gasteiger partial charge in [-0.05, 0) is 31.4 Å². The van der Waals surface area contributed by atoms with E-state index in [2.05, 4.69) is 35.3 Å². The number of nitrogens with zero attached hydrogens (tertiary/aromatic N) is 1. The first-order valence-electron chi connectivity index (χ1n) is 5.90. The van der Waals surface area contributed by atoms with Crippen LogP contribution >= 0.6 is 0 Å². The van der Waals surface area contributed by atoms with Crippen LogP contribution in [0.15, 0.2) is 36.1 Å². The molecule has 3 aliphatic rings. The highest BCUT2D eigenvalue weighted by atomic mass is 15.2. The molecule has 3 atom stereocenters. The minimum atomic E-state index is 0.554. The van der Waals surface area contributed by atoms with Crippen LogP contribution in [-0.2, 0) is 0 Å². The van der Waals surface area contributed by atoms with Gasteiger partial charge in [0, 0.05) is 24.2 Å². The predicted molar refractivity (Wildman–Crippen MR) is 62.1 cm³/mol. The first-order chi connectivity index (χ1) is 7.34. The number of allylic oxidation sites excluding steroid dienone is 3. The fraction of sp³-hybridized carbons (Fsp3) is 0.538. The molecule has 1 fully saturated rings. The summed E-state index contributed by atoms with van der Waals surface area (Å²) in [5.74, 6) is 1.39. The third kappa shape index (κ3) is 1.53. The van der Waals surface area contributed by atoms with E-state index in [1.165, 1.54) is 13.0 Å². The molecule has 0 spiro atoms. The molecule has 3 rings (SSSR count). The van der Waals surface area contributed by atoms with Crippen LogP contribution in [-0.4, -0.2) is 24.0 Å². The van der Waals surface area contributed by atoms with Gasteiger partial charge in [0.2, 0.25) is 0 Å². The van der Waals surface area contributed by atoms with Crippen molar-refractivity contribution in [2.75, 3.05) is 13.1 Å². The molecule has 0 amide bonds. The van der Waals surface area contributed by atoms with Crippen LogP contribution in [0, 0.1) is 11.8 Å². The molecule has 2 heterocycles. The minimum Gasteiger partial charge on any atom is -0.402 e. The first-order valence-corrected chi connectivity index (χ1v) is 5.90. The molecule has 2 heteroatoms. The minimum absolute atomic E-state index is 0.554. The summed E-state index contributed by atoms with van der Waals surface area (Å²) < 4.78 is 0. The summed E-state index contributed by atoms with van der Waals surface area (Å²) in [5.41, 5.74) is 7.04. The zero-order valence-electron chi connectivity index (χ0n) is 8.97. The zero-order chi connectivity index (χ0) is 10.3. The van der Waals surface area contributed by atoms with Gasteiger partial charge in [-0.2, -0.15) is 0 Å². The van der Waals surface area contributed by atoms with Crippen molar-refractivity contribution in [3.63, 3.8) is 0 Å². The average molecular weight is 202 g/mol. The Morgan fingerprint density at radius 3 is 3.00 bits per heavy atom. The van der Waals surface area contributed by atoms with E-state index >= 15 is 0 Å². The summed E-state index contributed by atoms with van der Waals surface area (Å²) in [4.78, 5) is 2.58. The molecule has 1 saturated heterocycles. The van der Waals surface area contributed by atoms with E-state index in [1.54, 1.807) is 0 Å².